The van der Waals surface area contributed by atoms with Crippen LogP contribution >= 0.6 is 0 Å². The highest BCUT2D eigenvalue weighted by atomic mass is 16.5. The highest BCUT2D eigenvalue weighted by Crippen LogP contribution is 2.30. The summed E-state index contributed by atoms with van der Waals surface area (Å²) in [7, 11) is 1.53. The summed E-state index contributed by atoms with van der Waals surface area (Å²) >= 11 is 0. The van der Waals surface area contributed by atoms with Crippen molar-refractivity contribution in [2.45, 2.75) is 45.8 Å². The lowest BCUT2D eigenvalue weighted by Gasteiger charge is -2.28. The van der Waals surface area contributed by atoms with E-state index in [-0.39, 0.29) is 32.2 Å². The molecule has 0 saturated carbocycles. The topological polar surface area (TPSA) is 102 Å². The molecule has 0 spiro atoms. The maximum Gasteiger partial charge on any atom is 0.323 e. The molecule has 0 aliphatic heterocycles. The Kier molecular flexibility index (Phi) is 9.16. The summed E-state index contributed by atoms with van der Waals surface area (Å²) in [5.74, 6) is -2.13. The highest BCUT2D eigenvalue weighted by molar-refractivity contribution is 5.99. The molecule has 2 N–H and O–H groups in total. The van der Waals surface area contributed by atoms with Crippen LogP contribution in [0.15, 0.2) is 0 Å². The number of carboxylic acid groups (broad SMARTS) is 1. The van der Waals surface area contributed by atoms with Gasteiger partial charge in [-0.3, -0.25) is 9.59 Å². The van der Waals surface area contributed by atoms with Crippen LogP contribution in [0.5, 0.6) is 0 Å². The van der Waals surface area contributed by atoms with Crippen LogP contribution in [0.25, 0.3) is 0 Å². The molecule has 21 heavy (non-hydrogen) atoms. The van der Waals surface area contributed by atoms with Crippen molar-refractivity contribution in [1.29, 1.82) is 0 Å². The van der Waals surface area contributed by atoms with E-state index in [1.807, 2.05) is 0 Å². The van der Waals surface area contributed by atoms with Gasteiger partial charge < -0.3 is 24.4 Å². The number of esters is 1. The van der Waals surface area contributed by atoms with Crippen LogP contribution in [-0.2, 0) is 23.8 Å². The molecule has 7 heteroatoms. The molecular weight excluding hydrogens is 280 g/mol. The Morgan fingerprint density at radius 3 is 2.29 bits per heavy atom. The minimum absolute atomic E-state index is 0.0336. The number of aliphatic hydroxyl groups excluding tert-OH is 1. The minimum atomic E-state index is -1.75. The zero-order chi connectivity index (χ0) is 16.5. The maximum absolute atomic E-state index is 11.9. The number of hydrogen-bond acceptors (Lipinski definition) is 6. The van der Waals surface area contributed by atoms with E-state index in [4.69, 9.17) is 14.2 Å². The predicted octanol–water partition coefficient (Wildman–Crippen LogP) is 0.833. The van der Waals surface area contributed by atoms with Gasteiger partial charge >= 0.3 is 11.9 Å². The van der Waals surface area contributed by atoms with Crippen molar-refractivity contribution in [3.8, 4) is 0 Å². The van der Waals surface area contributed by atoms with Gasteiger partial charge in [-0.15, -0.1) is 0 Å². The molecule has 0 fully saturated rings. The summed E-state index contributed by atoms with van der Waals surface area (Å²) in [6.45, 7) is 5.33. The van der Waals surface area contributed by atoms with E-state index in [2.05, 4.69) is 0 Å². The molecule has 0 bridgehead atoms. The fourth-order valence-corrected chi connectivity index (χ4v) is 1.99. The zero-order valence-corrected chi connectivity index (χ0v) is 13.1. The Labute approximate surface area is 125 Å². The van der Waals surface area contributed by atoms with E-state index in [1.165, 1.54) is 7.11 Å². The SMILES string of the molecule is CCOC(=O)C(CC)(CC(O)COC(C)COC)C(=O)O. The van der Waals surface area contributed by atoms with Crippen molar-refractivity contribution in [3.05, 3.63) is 0 Å². The second-order valence-corrected chi connectivity index (χ2v) is 4.92. The molecule has 0 saturated heterocycles. The zero-order valence-electron chi connectivity index (χ0n) is 13.1. The third-order valence-electron chi connectivity index (χ3n) is 3.24. The summed E-state index contributed by atoms with van der Waals surface area (Å²) in [6, 6.07) is 0. The number of methoxy groups -OCH3 is 1. The number of carboxylic acids is 1. The molecule has 124 valence electrons. The monoisotopic (exact) mass is 306 g/mol. The molecule has 0 aliphatic carbocycles. The number of carbonyl (C=O) groups excluding carboxylic acids is 1. The minimum Gasteiger partial charge on any atom is -0.480 e. The Balaban J connectivity index is 4.74. The summed E-state index contributed by atoms with van der Waals surface area (Å²) < 4.78 is 15.1. The average Bonchev–Trinajstić information content (AvgIpc) is 2.42. The first-order valence-electron chi connectivity index (χ1n) is 7.03. The molecular formula is C14H26O7. The van der Waals surface area contributed by atoms with Crippen LogP contribution in [0.2, 0.25) is 0 Å². The van der Waals surface area contributed by atoms with E-state index >= 15 is 0 Å². The van der Waals surface area contributed by atoms with Gasteiger partial charge in [-0.2, -0.15) is 0 Å². The lowest BCUT2D eigenvalue weighted by molar-refractivity contribution is -0.172. The van der Waals surface area contributed by atoms with Crippen LogP contribution in [0, 0.1) is 5.41 Å². The number of aliphatic carboxylic acids is 1. The highest BCUT2D eigenvalue weighted by Gasteiger charge is 2.47. The summed E-state index contributed by atoms with van der Waals surface area (Å²) in [5.41, 5.74) is -1.75. The molecule has 0 aliphatic rings. The molecule has 0 aromatic rings. The molecule has 0 rings (SSSR count). The van der Waals surface area contributed by atoms with Gasteiger partial charge in [0.25, 0.3) is 0 Å². The molecule has 3 atom stereocenters. The molecule has 0 radical (unpaired) electrons. The average molecular weight is 306 g/mol. The predicted molar refractivity (Wildman–Crippen MR) is 74.9 cm³/mol. The third kappa shape index (κ3) is 5.99. The van der Waals surface area contributed by atoms with Gasteiger partial charge in [0.1, 0.15) is 0 Å². The van der Waals surface area contributed by atoms with Gasteiger partial charge in [0, 0.05) is 13.5 Å². The lowest BCUT2D eigenvalue weighted by Crippen LogP contribution is -2.44. The number of ether oxygens (including phenoxy) is 3. The van der Waals surface area contributed by atoms with Crippen molar-refractivity contribution in [3.63, 3.8) is 0 Å². The Morgan fingerprint density at radius 2 is 1.86 bits per heavy atom. The first-order valence-corrected chi connectivity index (χ1v) is 7.03. The molecule has 0 heterocycles. The number of hydrogen-bond donors (Lipinski definition) is 2. The number of carbonyl (C=O) groups is 2. The van der Waals surface area contributed by atoms with Crippen molar-refractivity contribution in [2.24, 2.45) is 5.41 Å². The molecule has 0 amide bonds. The van der Waals surface area contributed by atoms with Crippen molar-refractivity contribution in [1.82, 2.24) is 0 Å². The van der Waals surface area contributed by atoms with Gasteiger partial charge in [-0.25, -0.2) is 0 Å². The second kappa shape index (κ2) is 9.70. The van der Waals surface area contributed by atoms with E-state index in [0.717, 1.165) is 0 Å². The van der Waals surface area contributed by atoms with E-state index in [0.29, 0.717) is 6.61 Å². The van der Waals surface area contributed by atoms with Crippen LogP contribution in [0.1, 0.15) is 33.6 Å². The first-order chi connectivity index (χ1) is 9.83. The lowest BCUT2D eigenvalue weighted by atomic mass is 9.80. The molecule has 0 aromatic carbocycles. The van der Waals surface area contributed by atoms with Gasteiger partial charge in [0.15, 0.2) is 5.41 Å². The smallest absolute Gasteiger partial charge is 0.323 e. The van der Waals surface area contributed by atoms with Gasteiger partial charge in [-0.05, 0) is 20.3 Å². The van der Waals surface area contributed by atoms with Gasteiger partial charge in [0.2, 0.25) is 0 Å². The second-order valence-electron chi connectivity index (χ2n) is 4.92. The van der Waals surface area contributed by atoms with Crippen molar-refractivity contribution < 1.29 is 34.0 Å². The van der Waals surface area contributed by atoms with Gasteiger partial charge in [-0.1, -0.05) is 6.92 Å². The molecule has 7 nitrogen and oxygen atoms in total. The van der Waals surface area contributed by atoms with Crippen LogP contribution in [0.3, 0.4) is 0 Å². The quantitative estimate of drug-likeness (QED) is 0.430. The first kappa shape index (κ1) is 19.8. The van der Waals surface area contributed by atoms with Gasteiger partial charge in [0.05, 0.1) is 32.0 Å². The van der Waals surface area contributed by atoms with Crippen LogP contribution in [0.4, 0.5) is 0 Å². The van der Waals surface area contributed by atoms with Crippen LogP contribution in [-0.4, -0.2) is 61.3 Å². The fourth-order valence-electron chi connectivity index (χ4n) is 1.99. The van der Waals surface area contributed by atoms with Crippen molar-refractivity contribution >= 4 is 11.9 Å². The fraction of sp³-hybridized carbons (Fsp3) is 0.857. The number of rotatable bonds is 11. The van der Waals surface area contributed by atoms with Crippen molar-refractivity contribution in [2.75, 3.05) is 26.9 Å². The van der Waals surface area contributed by atoms with E-state index < -0.39 is 23.5 Å². The maximum atomic E-state index is 11.9. The summed E-state index contributed by atoms with van der Waals surface area (Å²) in [6.07, 6.45) is -1.53. The summed E-state index contributed by atoms with van der Waals surface area (Å²) in [5, 5.41) is 19.3. The summed E-state index contributed by atoms with van der Waals surface area (Å²) in [4.78, 5) is 23.4. The Hall–Kier alpha value is -1.18. The number of aliphatic hydroxyl groups is 1. The normalized spacial score (nSPS) is 16.8. The Bertz CT molecular complexity index is 331. The standard InChI is InChI=1S/C14H26O7/c1-5-14(12(16)17,13(18)20-6-2)7-11(15)9-21-10(3)8-19-4/h10-11,15H,5-9H2,1-4H3,(H,16,17). The Morgan fingerprint density at radius 1 is 1.24 bits per heavy atom. The third-order valence-corrected chi connectivity index (χ3v) is 3.24. The van der Waals surface area contributed by atoms with Crippen LogP contribution < -0.4 is 0 Å². The van der Waals surface area contributed by atoms with E-state index in [1.54, 1.807) is 20.8 Å². The largest absolute Gasteiger partial charge is 0.480 e. The van der Waals surface area contributed by atoms with E-state index in [9.17, 15) is 19.8 Å². The molecule has 3 unspecified atom stereocenters. The molecule has 0 aromatic heterocycles.